The molecule has 1 aromatic carbocycles. The number of hydrogen-bond donors (Lipinski definition) is 1. The lowest BCUT2D eigenvalue weighted by Crippen LogP contribution is -2.28. The van der Waals surface area contributed by atoms with Gasteiger partial charge >= 0.3 is 0 Å². The van der Waals surface area contributed by atoms with Crippen LogP contribution in [0.4, 0.5) is 5.69 Å². The third kappa shape index (κ3) is 2.98. The van der Waals surface area contributed by atoms with Crippen LogP contribution in [0.25, 0.3) is 0 Å². The van der Waals surface area contributed by atoms with Gasteiger partial charge in [-0.2, -0.15) is 0 Å². The lowest BCUT2D eigenvalue weighted by molar-refractivity contribution is 0.0481. The van der Waals surface area contributed by atoms with Gasteiger partial charge in [-0.05, 0) is 44.4 Å². The smallest absolute Gasteiger partial charge is 0.0637 e. The summed E-state index contributed by atoms with van der Waals surface area (Å²) >= 11 is 3.49. The van der Waals surface area contributed by atoms with Gasteiger partial charge in [-0.3, -0.25) is 0 Å². The van der Waals surface area contributed by atoms with Crippen LogP contribution < -0.4 is 4.90 Å². The Bertz CT molecular complexity index is 365. The number of nitrogens with zero attached hydrogens (tertiary/aromatic N) is 1. The van der Waals surface area contributed by atoms with Gasteiger partial charge in [0.05, 0.1) is 5.60 Å². The summed E-state index contributed by atoms with van der Waals surface area (Å²) in [5, 5.41) is 10.0. The maximum Gasteiger partial charge on any atom is 0.0637 e. The van der Waals surface area contributed by atoms with Crippen LogP contribution in [0.5, 0.6) is 0 Å². The molecule has 1 fully saturated rings. The molecule has 0 aromatic heterocycles. The zero-order valence-electron chi connectivity index (χ0n) is 9.62. The molecule has 1 aliphatic heterocycles. The molecule has 3 heteroatoms. The first-order valence-corrected chi connectivity index (χ1v) is 6.59. The molecule has 1 aromatic rings. The minimum atomic E-state index is -0.485. The van der Waals surface area contributed by atoms with Gasteiger partial charge in [-0.25, -0.2) is 0 Å². The molecule has 0 spiro atoms. The summed E-state index contributed by atoms with van der Waals surface area (Å²) in [6, 6.07) is 8.37. The Morgan fingerprint density at radius 2 is 2.12 bits per heavy atom. The summed E-state index contributed by atoms with van der Waals surface area (Å²) in [4.78, 5) is 2.35. The second kappa shape index (κ2) is 4.76. The van der Waals surface area contributed by atoms with E-state index in [0.717, 1.165) is 36.8 Å². The molecule has 0 radical (unpaired) electrons. The van der Waals surface area contributed by atoms with E-state index in [1.54, 1.807) is 0 Å². The van der Waals surface area contributed by atoms with Crippen LogP contribution in [0, 0.1) is 0 Å². The van der Waals surface area contributed by atoms with E-state index in [1.807, 2.05) is 13.0 Å². The first kappa shape index (κ1) is 11.9. The molecule has 2 rings (SSSR count). The average Bonchev–Trinajstić information content (AvgIpc) is 2.39. The second-order valence-corrected chi connectivity index (χ2v) is 5.73. The molecular formula is C13H18BrNO. The normalized spacial score (nSPS) is 26.6. The molecule has 16 heavy (non-hydrogen) atoms. The molecule has 1 atom stereocenters. The summed E-state index contributed by atoms with van der Waals surface area (Å²) in [6.07, 6.45) is 2.80. The van der Waals surface area contributed by atoms with Gasteiger partial charge in [0.15, 0.2) is 0 Å². The van der Waals surface area contributed by atoms with Crippen molar-refractivity contribution in [2.24, 2.45) is 0 Å². The van der Waals surface area contributed by atoms with Gasteiger partial charge in [0.25, 0.3) is 0 Å². The highest BCUT2D eigenvalue weighted by molar-refractivity contribution is 9.10. The number of benzene rings is 1. The van der Waals surface area contributed by atoms with E-state index in [0.29, 0.717) is 0 Å². The lowest BCUT2D eigenvalue weighted by Gasteiger charge is -2.24. The van der Waals surface area contributed by atoms with Gasteiger partial charge < -0.3 is 10.0 Å². The van der Waals surface area contributed by atoms with E-state index in [2.05, 4.69) is 39.0 Å². The average molecular weight is 284 g/mol. The number of hydrogen-bond acceptors (Lipinski definition) is 2. The quantitative estimate of drug-likeness (QED) is 0.856. The highest BCUT2D eigenvalue weighted by atomic mass is 79.9. The lowest BCUT2D eigenvalue weighted by atomic mass is 9.98. The fraction of sp³-hybridized carbons (Fsp3) is 0.538. The number of anilines is 1. The van der Waals surface area contributed by atoms with Crippen molar-refractivity contribution in [3.05, 3.63) is 28.7 Å². The van der Waals surface area contributed by atoms with Crippen molar-refractivity contribution in [1.29, 1.82) is 0 Å². The van der Waals surface area contributed by atoms with Gasteiger partial charge in [0, 0.05) is 23.2 Å². The Balaban J connectivity index is 2.11. The van der Waals surface area contributed by atoms with Crippen LogP contribution in [0.15, 0.2) is 28.7 Å². The Kier molecular flexibility index (Phi) is 3.55. The summed E-state index contributed by atoms with van der Waals surface area (Å²) in [7, 11) is 0. The predicted octanol–water partition coefficient (Wildman–Crippen LogP) is 3.19. The molecule has 0 saturated carbocycles. The highest BCUT2D eigenvalue weighted by Gasteiger charge is 2.24. The summed E-state index contributed by atoms with van der Waals surface area (Å²) in [5.74, 6) is 0. The van der Waals surface area contributed by atoms with Crippen molar-refractivity contribution in [1.82, 2.24) is 0 Å². The number of aliphatic hydroxyl groups is 1. The van der Waals surface area contributed by atoms with E-state index in [1.165, 1.54) is 5.69 Å². The van der Waals surface area contributed by atoms with Gasteiger partial charge in [0.1, 0.15) is 0 Å². The first-order chi connectivity index (χ1) is 7.57. The van der Waals surface area contributed by atoms with E-state index in [9.17, 15) is 5.11 Å². The van der Waals surface area contributed by atoms with Gasteiger partial charge in [0.2, 0.25) is 0 Å². The largest absolute Gasteiger partial charge is 0.390 e. The minimum absolute atomic E-state index is 0.485. The standard InChI is InChI=1S/C13H18BrNO/c1-13(16)6-3-8-15(9-7-13)12-5-2-4-11(14)10-12/h2,4-5,10,16H,3,6-9H2,1H3. The van der Waals surface area contributed by atoms with E-state index < -0.39 is 5.60 Å². The molecule has 1 N–H and O–H groups in total. The van der Waals surface area contributed by atoms with Gasteiger partial charge in [-0.15, -0.1) is 0 Å². The second-order valence-electron chi connectivity index (χ2n) is 4.82. The Hall–Kier alpha value is -0.540. The maximum absolute atomic E-state index is 10.0. The fourth-order valence-electron chi connectivity index (χ4n) is 2.19. The van der Waals surface area contributed by atoms with Crippen molar-refractivity contribution in [3.8, 4) is 0 Å². The molecule has 88 valence electrons. The Morgan fingerprint density at radius 1 is 1.31 bits per heavy atom. The minimum Gasteiger partial charge on any atom is -0.390 e. The molecule has 1 aliphatic rings. The maximum atomic E-state index is 10.0. The van der Waals surface area contributed by atoms with Crippen LogP contribution in [0.3, 0.4) is 0 Å². The van der Waals surface area contributed by atoms with Crippen LogP contribution >= 0.6 is 15.9 Å². The molecule has 1 unspecified atom stereocenters. The summed E-state index contributed by atoms with van der Waals surface area (Å²) in [6.45, 7) is 3.91. The van der Waals surface area contributed by atoms with Crippen LogP contribution in [0.1, 0.15) is 26.2 Å². The Morgan fingerprint density at radius 3 is 2.88 bits per heavy atom. The zero-order chi connectivity index (χ0) is 11.6. The Labute approximate surface area is 105 Å². The van der Waals surface area contributed by atoms with E-state index >= 15 is 0 Å². The first-order valence-electron chi connectivity index (χ1n) is 5.80. The predicted molar refractivity (Wildman–Crippen MR) is 70.8 cm³/mol. The molecular weight excluding hydrogens is 266 g/mol. The van der Waals surface area contributed by atoms with E-state index in [4.69, 9.17) is 0 Å². The fourth-order valence-corrected chi connectivity index (χ4v) is 2.58. The third-order valence-electron chi connectivity index (χ3n) is 3.24. The molecule has 0 aliphatic carbocycles. The van der Waals surface area contributed by atoms with Crippen molar-refractivity contribution >= 4 is 21.6 Å². The van der Waals surface area contributed by atoms with Crippen LogP contribution in [0.2, 0.25) is 0 Å². The monoisotopic (exact) mass is 283 g/mol. The number of rotatable bonds is 1. The van der Waals surface area contributed by atoms with Gasteiger partial charge in [-0.1, -0.05) is 22.0 Å². The molecule has 1 saturated heterocycles. The molecule has 1 heterocycles. The summed E-state index contributed by atoms with van der Waals surface area (Å²) in [5.41, 5.74) is 0.757. The summed E-state index contributed by atoms with van der Waals surface area (Å²) < 4.78 is 1.11. The van der Waals surface area contributed by atoms with Crippen molar-refractivity contribution in [3.63, 3.8) is 0 Å². The molecule has 2 nitrogen and oxygen atoms in total. The van der Waals surface area contributed by atoms with E-state index in [-0.39, 0.29) is 0 Å². The van der Waals surface area contributed by atoms with Crippen molar-refractivity contribution in [2.45, 2.75) is 31.8 Å². The van der Waals surface area contributed by atoms with Crippen molar-refractivity contribution < 1.29 is 5.11 Å². The molecule has 0 amide bonds. The van der Waals surface area contributed by atoms with Crippen molar-refractivity contribution in [2.75, 3.05) is 18.0 Å². The number of halogens is 1. The highest BCUT2D eigenvalue weighted by Crippen LogP contribution is 2.26. The van der Waals surface area contributed by atoms with Crippen LogP contribution in [-0.4, -0.2) is 23.8 Å². The third-order valence-corrected chi connectivity index (χ3v) is 3.73. The molecule has 0 bridgehead atoms. The SMILES string of the molecule is CC1(O)CCCN(c2cccc(Br)c2)CC1. The zero-order valence-corrected chi connectivity index (χ0v) is 11.2. The topological polar surface area (TPSA) is 23.5 Å². The van der Waals surface area contributed by atoms with Crippen LogP contribution in [-0.2, 0) is 0 Å².